The summed E-state index contributed by atoms with van der Waals surface area (Å²) >= 11 is 10.6. The summed E-state index contributed by atoms with van der Waals surface area (Å²) in [7, 11) is -3.03. The van der Waals surface area contributed by atoms with Crippen LogP contribution in [0.1, 0.15) is 15.9 Å². The second kappa shape index (κ2) is 8.93. The number of alkyl halides is 4. The van der Waals surface area contributed by atoms with Gasteiger partial charge in [0.2, 0.25) is 5.63 Å². The highest BCUT2D eigenvalue weighted by atomic mass is 35.5. The van der Waals surface area contributed by atoms with E-state index in [1.807, 2.05) is 0 Å². The molecule has 5 nitrogen and oxygen atoms in total. The number of anilines is 1. The van der Waals surface area contributed by atoms with Crippen molar-refractivity contribution in [1.82, 2.24) is 5.32 Å². The van der Waals surface area contributed by atoms with Gasteiger partial charge in [0.1, 0.15) is 10.8 Å². The van der Waals surface area contributed by atoms with Gasteiger partial charge in [-0.25, -0.2) is 13.4 Å². The number of carbonyl (C=O) groups is 2. The van der Waals surface area contributed by atoms with Gasteiger partial charge in [-0.1, -0.05) is 35.3 Å². The number of imide groups is 1. The molecule has 28 heavy (non-hydrogen) atoms. The highest BCUT2D eigenvalue weighted by Gasteiger charge is 2.46. The van der Waals surface area contributed by atoms with Crippen molar-refractivity contribution in [2.24, 2.45) is 0 Å². The van der Waals surface area contributed by atoms with Crippen molar-refractivity contribution < 1.29 is 27.0 Å². The average Bonchev–Trinajstić information content (AvgIpc) is 2.62. The molecule has 2 N–H and O–H groups in total. The van der Waals surface area contributed by atoms with Gasteiger partial charge in [-0.15, -0.1) is 0 Å². The maximum absolute atomic E-state index is 13.5. The topological polar surface area (TPSA) is 75.3 Å². The molecule has 0 aliphatic heterocycles. The van der Waals surface area contributed by atoms with E-state index >= 15 is 0 Å². The van der Waals surface area contributed by atoms with Gasteiger partial charge in [-0.3, -0.25) is 10.1 Å². The quantitative estimate of drug-likeness (QED) is 0.636. The van der Waals surface area contributed by atoms with E-state index in [-0.39, 0.29) is 26.7 Å². The van der Waals surface area contributed by atoms with Crippen LogP contribution in [0.2, 0.25) is 5.02 Å². The predicted octanol–water partition coefficient (Wildman–Crippen LogP) is 4.85. The maximum atomic E-state index is 13.5. The lowest BCUT2D eigenvalue weighted by Crippen LogP contribution is -2.34. The predicted molar refractivity (Wildman–Crippen MR) is 101 cm³/mol. The molecule has 2 unspecified atom stereocenters. The Morgan fingerprint density at radius 2 is 1.82 bits per heavy atom. The molecule has 2 aromatic carbocycles. The molecule has 0 heterocycles. The Balaban J connectivity index is 2.11. The first-order valence-corrected chi connectivity index (χ1v) is 9.55. The number of hydrogen-bond acceptors (Lipinski definition) is 3. The molecule has 0 radical (unpaired) electrons. The molecular weight excluding hydrogens is 440 g/mol. The lowest BCUT2D eigenvalue weighted by atomic mass is 10.2. The number of nitrogens with one attached hydrogen (secondary N) is 2. The lowest BCUT2D eigenvalue weighted by Gasteiger charge is -2.16. The minimum absolute atomic E-state index is 0.0888. The van der Waals surface area contributed by atoms with Crippen LogP contribution in [0.3, 0.4) is 0 Å². The van der Waals surface area contributed by atoms with Crippen molar-refractivity contribution >= 4 is 51.6 Å². The molecule has 0 bridgehead atoms. The fourth-order valence-electron chi connectivity index (χ4n) is 2.10. The SMILES string of the molecule is Cc1cc(S(=O)C(F)(F)C(F)Cl)ccc1NC(=O)NC(=O)c1ccccc1Cl. The molecule has 2 aromatic rings. The van der Waals surface area contributed by atoms with Crippen LogP contribution in [0.25, 0.3) is 0 Å². The van der Waals surface area contributed by atoms with E-state index in [9.17, 15) is 27.0 Å². The van der Waals surface area contributed by atoms with E-state index in [0.29, 0.717) is 0 Å². The fourth-order valence-corrected chi connectivity index (χ4v) is 3.51. The van der Waals surface area contributed by atoms with Crippen LogP contribution in [0.15, 0.2) is 47.4 Å². The fraction of sp³-hybridized carbons (Fsp3) is 0.176. The number of rotatable bonds is 5. The molecule has 2 rings (SSSR count). The third-order valence-corrected chi connectivity index (χ3v) is 5.62. The molecular formula is C17H13Cl2F3N2O3S. The molecule has 0 saturated carbocycles. The van der Waals surface area contributed by atoms with E-state index < -0.39 is 33.6 Å². The molecule has 0 saturated heterocycles. The molecule has 3 amide bonds. The Labute approximate surface area is 170 Å². The lowest BCUT2D eigenvalue weighted by molar-refractivity contribution is 0.0479. The van der Waals surface area contributed by atoms with Gasteiger partial charge in [-0.05, 0) is 42.8 Å². The van der Waals surface area contributed by atoms with Crippen molar-refractivity contribution in [2.75, 3.05) is 5.32 Å². The summed E-state index contributed by atoms with van der Waals surface area (Å²) in [6.07, 6.45) is 0. The maximum Gasteiger partial charge on any atom is 0.369 e. The van der Waals surface area contributed by atoms with Crippen LogP contribution in [-0.2, 0) is 10.8 Å². The third-order valence-electron chi connectivity index (χ3n) is 3.51. The van der Waals surface area contributed by atoms with Gasteiger partial charge < -0.3 is 5.32 Å². The zero-order chi connectivity index (χ0) is 21.1. The second-order valence-corrected chi connectivity index (χ2v) is 7.84. The molecule has 0 spiro atoms. The summed E-state index contributed by atoms with van der Waals surface area (Å²) in [6.45, 7) is 1.44. The zero-order valence-electron chi connectivity index (χ0n) is 14.1. The molecule has 2 atom stereocenters. The van der Waals surface area contributed by atoms with E-state index in [1.54, 1.807) is 12.1 Å². The number of carbonyl (C=O) groups excluding carboxylic acids is 2. The Hall–Kier alpha value is -2.10. The second-order valence-electron chi connectivity index (χ2n) is 5.50. The summed E-state index contributed by atoms with van der Waals surface area (Å²) in [4.78, 5) is 23.7. The van der Waals surface area contributed by atoms with Crippen molar-refractivity contribution in [3.8, 4) is 0 Å². The van der Waals surface area contributed by atoms with E-state index in [0.717, 1.165) is 12.1 Å². The first-order valence-electron chi connectivity index (χ1n) is 7.59. The molecule has 0 fully saturated rings. The number of hydrogen-bond donors (Lipinski definition) is 2. The Kier molecular flexibility index (Phi) is 7.08. The van der Waals surface area contributed by atoms with E-state index in [4.69, 9.17) is 23.2 Å². The van der Waals surface area contributed by atoms with Crippen molar-refractivity contribution in [3.63, 3.8) is 0 Å². The van der Waals surface area contributed by atoms with Crippen LogP contribution < -0.4 is 10.6 Å². The van der Waals surface area contributed by atoms with Crippen LogP contribution in [0.4, 0.5) is 23.7 Å². The first-order chi connectivity index (χ1) is 13.0. The van der Waals surface area contributed by atoms with Crippen LogP contribution in [0, 0.1) is 6.92 Å². The van der Waals surface area contributed by atoms with Gasteiger partial charge in [0.05, 0.1) is 10.6 Å². The summed E-state index contributed by atoms with van der Waals surface area (Å²) in [5.74, 6) is -0.741. The van der Waals surface area contributed by atoms with Gasteiger partial charge in [0.15, 0.2) is 0 Å². The molecule has 0 aromatic heterocycles. The van der Waals surface area contributed by atoms with Gasteiger partial charge in [0, 0.05) is 10.6 Å². The Bertz CT molecular complexity index is 942. The summed E-state index contributed by atoms with van der Waals surface area (Å²) in [5.41, 5.74) is -2.61. The van der Waals surface area contributed by atoms with Gasteiger partial charge >= 0.3 is 11.3 Å². The van der Waals surface area contributed by atoms with Crippen molar-refractivity contribution in [2.45, 2.75) is 22.7 Å². The van der Waals surface area contributed by atoms with Crippen LogP contribution in [-0.4, -0.2) is 27.0 Å². The van der Waals surface area contributed by atoms with Gasteiger partial charge in [-0.2, -0.15) is 8.78 Å². The minimum Gasteiger partial charge on any atom is -0.307 e. The van der Waals surface area contributed by atoms with Crippen LogP contribution in [0.5, 0.6) is 0 Å². The van der Waals surface area contributed by atoms with Crippen molar-refractivity contribution in [1.29, 1.82) is 0 Å². The monoisotopic (exact) mass is 452 g/mol. The number of amides is 3. The summed E-state index contributed by atoms with van der Waals surface area (Å²) < 4.78 is 51.5. The number of benzene rings is 2. The van der Waals surface area contributed by atoms with Crippen molar-refractivity contribution in [3.05, 3.63) is 58.6 Å². The zero-order valence-corrected chi connectivity index (χ0v) is 16.5. The average molecular weight is 453 g/mol. The molecule has 150 valence electrons. The smallest absolute Gasteiger partial charge is 0.307 e. The number of aryl methyl sites for hydroxylation is 1. The molecule has 11 heteroatoms. The number of halogens is 5. The standard InChI is InChI=1S/C17H13Cl2F3N2O3S/c1-9-8-10(28(27)17(21,22)15(19)20)6-7-13(9)23-16(26)24-14(25)11-4-2-3-5-12(11)18/h2-8,15H,1H3,(H2,23,24,25,26). The Morgan fingerprint density at radius 1 is 1.18 bits per heavy atom. The van der Waals surface area contributed by atoms with Gasteiger partial charge in [0.25, 0.3) is 5.91 Å². The third kappa shape index (κ3) is 5.03. The van der Waals surface area contributed by atoms with Crippen LogP contribution >= 0.6 is 23.2 Å². The highest BCUT2D eigenvalue weighted by molar-refractivity contribution is 7.86. The minimum atomic E-state index is -4.28. The summed E-state index contributed by atoms with van der Waals surface area (Å²) in [6, 6.07) is 8.52. The Morgan fingerprint density at radius 3 is 2.39 bits per heavy atom. The molecule has 0 aliphatic rings. The normalized spacial score (nSPS) is 13.5. The largest absolute Gasteiger partial charge is 0.369 e. The summed E-state index contributed by atoms with van der Waals surface area (Å²) in [5, 5.41) is 0.305. The van der Waals surface area contributed by atoms with E-state index in [1.165, 1.54) is 25.1 Å². The van der Waals surface area contributed by atoms with E-state index in [2.05, 4.69) is 10.6 Å². The molecule has 0 aliphatic carbocycles. The highest BCUT2D eigenvalue weighted by Crippen LogP contribution is 2.33. The number of urea groups is 1. The first kappa shape index (κ1) is 22.2.